The summed E-state index contributed by atoms with van der Waals surface area (Å²) in [6, 6.07) is 76.3. The Hall–Kier alpha value is -7.06. The van der Waals surface area contributed by atoms with Gasteiger partial charge in [-0.25, -0.2) is 0 Å². The molecule has 0 saturated heterocycles. The summed E-state index contributed by atoms with van der Waals surface area (Å²) in [5, 5.41) is 15.4. The smallest absolute Gasteiger partial charge is 0.0434 e. The second-order valence-electron chi connectivity index (χ2n) is 15.0. The molecule has 0 atom stereocenters. The van der Waals surface area contributed by atoms with Crippen molar-refractivity contribution in [2.24, 2.45) is 0 Å². The van der Waals surface area contributed by atoms with Gasteiger partial charge in [-0.2, -0.15) is 0 Å². The lowest BCUT2D eigenvalue weighted by Crippen LogP contribution is -1.92. The average Bonchev–Trinajstić information content (AvgIpc) is 3.67. The summed E-state index contributed by atoms with van der Waals surface area (Å²) < 4.78 is 2.62. The highest BCUT2D eigenvalue weighted by Gasteiger charge is 2.23. The van der Waals surface area contributed by atoms with E-state index in [0.717, 1.165) is 0 Å². The van der Waals surface area contributed by atoms with Crippen molar-refractivity contribution < 1.29 is 0 Å². The van der Waals surface area contributed by atoms with Crippen molar-refractivity contribution in [3.8, 4) is 44.5 Å². The largest absolute Gasteiger partial charge is 0.135 e. The molecule has 1 aromatic heterocycles. The second-order valence-corrected chi connectivity index (χ2v) is 16.1. The zero-order valence-corrected chi connectivity index (χ0v) is 31.9. The maximum atomic E-state index is 2.35. The standard InChI is InChI=1S/C56H34S/c1-2-18-36(19-3-1)51-39-22-6-8-24-41(39)53(42-25-9-7-23-40(42)51)47-31-16-34-50-55(47)49-33-15-32-48(56(49)57-50)54-45-28-12-10-26-43(45)52(44-27-11-13-29-46(44)54)38-30-14-20-35-17-4-5-21-37(35)38/h1-34H. The monoisotopic (exact) mass is 738 g/mol. The van der Waals surface area contributed by atoms with E-state index in [1.807, 2.05) is 11.3 Å². The third-order valence-corrected chi connectivity index (χ3v) is 13.2. The van der Waals surface area contributed by atoms with Crippen molar-refractivity contribution in [3.05, 3.63) is 206 Å². The Bertz CT molecular complexity index is 3450. The number of thiophene rings is 1. The summed E-state index contributed by atoms with van der Waals surface area (Å²) in [6.07, 6.45) is 0. The zero-order valence-electron chi connectivity index (χ0n) is 31.0. The number of fused-ring (bicyclic) bond motifs is 8. The van der Waals surface area contributed by atoms with Crippen molar-refractivity contribution in [2.75, 3.05) is 0 Å². The number of hydrogen-bond acceptors (Lipinski definition) is 1. The molecule has 0 radical (unpaired) electrons. The molecule has 57 heavy (non-hydrogen) atoms. The highest BCUT2D eigenvalue weighted by molar-refractivity contribution is 7.26. The van der Waals surface area contributed by atoms with Crippen molar-refractivity contribution >= 4 is 85.4 Å². The van der Waals surface area contributed by atoms with Gasteiger partial charge in [-0.15, -0.1) is 11.3 Å². The summed E-state index contributed by atoms with van der Waals surface area (Å²) in [5.74, 6) is 0. The van der Waals surface area contributed by atoms with E-state index in [0.29, 0.717) is 0 Å². The van der Waals surface area contributed by atoms with Crippen LogP contribution in [0.15, 0.2) is 206 Å². The summed E-state index contributed by atoms with van der Waals surface area (Å²) in [4.78, 5) is 0. The lowest BCUT2D eigenvalue weighted by molar-refractivity contribution is 1.67. The topological polar surface area (TPSA) is 0 Å². The number of benzene rings is 11. The Kier molecular flexibility index (Phi) is 7.20. The molecule has 1 heteroatoms. The second kappa shape index (κ2) is 12.7. The Morgan fingerprint density at radius 1 is 0.246 bits per heavy atom. The van der Waals surface area contributed by atoms with Gasteiger partial charge in [0.1, 0.15) is 0 Å². The average molecular weight is 739 g/mol. The summed E-state index contributed by atoms with van der Waals surface area (Å²) >= 11 is 1.92. The molecule has 0 aliphatic rings. The molecule has 0 aliphatic carbocycles. The van der Waals surface area contributed by atoms with Crippen LogP contribution in [0.25, 0.3) is 119 Å². The highest BCUT2D eigenvalue weighted by Crippen LogP contribution is 2.51. The molecule has 0 nitrogen and oxygen atoms in total. The van der Waals surface area contributed by atoms with E-state index in [4.69, 9.17) is 0 Å². The molecule has 12 aromatic rings. The van der Waals surface area contributed by atoms with Crippen molar-refractivity contribution in [1.82, 2.24) is 0 Å². The molecule has 1 heterocycles. The van der Waals surface area contributed by atoms with Gasteiger partial charge in [-0.1, -0.05) is 200 Å². The van der Waals surface area contributed by atoms with E-state index in [2.05, 4.69) is 206 Å². The fourth-order valence-corrected chi connectivity index (χ4v) is 11.0. The highest BCUT2D eigenvalue weighted by atomic mass is 32.1. The molecular formula is C56H34S. The molecule has 0 unspecified atom stereocenters. The van der Waals surface area contributed by atoms with Crippen LogP contribution in [0, 0.1) is 0 Å². The van der Waals surface area contributed by atoms with Crippen LogP contribution < -0.4 is 0 Å². The number of rotatable bonds is 4. The molecular weight excluding hydrogens is 705 g/mol. The van der Waals surface area contributed by atoms with Crippen LogP contribution in [-0.4, -0.2) is 0 Å². The molecule has 0 amide bonds. The first-order valence-electron chi connectivity index (χ1n) is 19.7. The molecule has 264 valence electrons. The predicted octanol–water partition coefficient (Wildman–Crippen LogP) is 16.5. The molecule has 12 rings (SSSR count). The van der Waals surface area contributed by atoms with Crippen molar-refractivity contribution in [1.29, 1.82) is 0 Å². The summed E-state index contributed by atoms with van der Waals surface area (Å²) in [7, 11) is 0. The van der Waals surface area contributed by atoms with Crippen LogP contribution in [0.4, 0.5) is 0 Å². The van der Waals surface area contributed by atoms with E-state index in [-0.39, 0.29) is 0 Å². The molecule has 11 aromatic carbocycles. The van der Waals surface area contributed by atoms with Crippen molar-refractivity contribution in [2.45, 2.75) is 0 Å². The Balaban J connectivity index is 1.17. The minimum Gasteiger partial charge on any atom is -0.135 e. The van der Waals surface area contributed by atoms with Crippen LogP contribution in [0.2, 0.25) is 0 Å². The molecule has 0 fully saturated rings. The molecule has 0 aliphatic heterocycles. The SMILES string of the molecule is c1ccc(-c2c3ccccc3c(-c3cccc4sc5c(-c6c7ccccc7c(-c7cccc8ccccc78)c7ccccc67)cccc5c34)c3ccccc23)cc1. The maximum Gasteiger partial charge on any atom is 0.0434 e. The first kappa shape index (κ1) is 32.2. The van der Waals surface area contributed by atoms with Gasteiger partial charge in [0.15, 0.2) is 0 Å². The van der Waals surface area contributed by atoms with Crippen LogP contribution in [0.1, 0.15) is 0 Å². The van der Waals surface area contributed by atoms with Crippen LogP contribution in [0.3, 0.4) is 0 Å². The van der Waals surface area contributed by atoms with Crippen molar-refractivity contribution in [3.63, 3.8) is 0 Å². The fourth-order valence-electron chi connectivity index (χ4n) is 9.74. The van der Waals surface area contributed by atoms with E-state index in [1.54, 1.807) is 0 Å². The van der Waals surface area contributed by atoms with Gasteiger partial charge in [0.2, 0.25) is 0 Å². The Morgan fingerprint density at radius 3 is 1.23 bits per heavy atom. The number of hydrogen-bond donors (Lipinski definition) is 0. The van der Waals surface area contributed by atoms with Crippen LogP contribution in [-0.2, 0) is 0 Å². The molecule has 0 N–H and O–H groups in total. The van der Waals surface area contributed by atoms with Gasteiger partial charge >= 0.3 is 0 Å². The zero-order chi connectivity index (χ0) is 37.5. The van der Waals surface area contributed by atoms with E-state index < -0.39 is 0 Å². The Labute approximate surface area is 334 Å². The lowest BCUT2D eigenvalue weighted by Gasteiger charge is -2.19. The van der Waals surface area contributed by atoms with Crippen LogP contribution >= 0.6 is 11.3 Å². The first-order chi connectivity index (χ1) is 28.3. The van der Waals surface area contributed by atoms with Gasteiger partial charge in [0.25, 0.3) is 0 Å². The minimum absolute atomic E-state index is 1.24. The normalized spacial score (nSPS) is 11.9. The molecule has 0 bridgehead atoms. The fraction of sp³-hybridized carbons (Fsp3) is 0. The quantitative estimate of drug-likeness (QED) is 0.158. The maximum absolute atomic E-state index is 2.35. The van der Waals surface area contributed by atoms with E-state index in [1.165, 1.54) is 119 Å². The van der Waals surface area contributed by atoms with E-state index in [9.17, 15) is 0 Å². The molecule has 0 spiro atoms. The summed E-state index contributed by atoms with van der Waals surface area (Å²) in [5.41, 5.74) is 10.3. The first-order valence-corrected chi connectivity index (χ1v) is 20.5. The lowest BCUT2D eigenvalue weighted by atomic mass is 9.84. The van der Waals surface area contributed by atoms with Gasteiger partial charge in [0.05, 0.1) is 0 Å². The summed E-state index contributed by atoms with van der Waals surface area (Å²) in [6.45, 7) is 0. The van der Waals surface area contributed by atoms with Gasteiger partial charge in [-0.3, -0.25) is 0 Å². The third kappa shape index (κ3) is 4.80. The predicted molar refractivity (Wildman–Crippen MR) is 249 cm³/mol. The van der Waals surface area contributed by atoms with Gasteiger partial charge < -0.3 is 0 Å². The van der Waals surface area contributed by atoms with Gasteiger partial charge in [-0.05, 0) is 98.9 Å². The molecule has 0 saturated carbocycles. The van der Waals surface area contributed by atoms with Gasteiger partial charge in [0, 0.05) is 25.7 Å². The van der Waals surface area contributed by atoms with E-state index >= 15 is 0 Å². The van der Waals surface area contributed by atoms with Crippen LogP contribution in [0.5, 0.6) is 0 Å². The minimum atomic E-state index is 1.24. The Morgan fingerprint density at radius 2 is 0.632 bits per heavy atom. The third-order valence-electron chi connectivity index (χ3n) is 12.0.